The van der Waals surface area contributed by atoms with E-state index >= 15 is 0 Å². The maximum absolute atomic E-state index is 13.2. The summed E-state index contributed by atoms with van der Waals surface area (Å²) in [6, 6.07) is 10.0. The first-order valence-corrected chi connectivity index (χ1v) is 11.0. The second kappa shape index (κ2) is 8.28. The van der Waals surface area contributed by atoms with E-state index in [1.807, 2.05) is 31.2 Å². The molecule has 0 saturated carbocycles. The van der Waals surface area contributed by atoms with E-state index in [2.05, 4.69) is 21.3 Å². The van der Waals surface area contributed by atoms with E-state index in [0.717, 1.165) is 48.5 Å². The quantitative estimate of drug-likeness (QED) is 0.676. The number of aromatic amines is 1. The van der Waals surface area contributed by atoms with Gasteiger partial charge in [-0.2, -0.15) is 0 Å². The number of benzene rings is 1. The maximum atomic E-state index is 13.2. The van der Waals surface area contributed by atoms with Crippen LogP contribution in [0.4, 0.5) is 0 Å². The minimum absolute atomic E-state index is 0.00241. The first-order valence-electron chi connectivity index (χ1n) is 11.0. The SMILES string of the molecule is Cc1ccc(C(CNC(=O)c2cccc3c4c([nH]c23)CCCC4)N2CCOCC2)o1. The molecule has 2 aromatic heterocycles. The van der Waals surface area contributed by atoms with Crippen molar-refractivity contribution in [3.8, 4) is 0 Å². The molecule has 1 amide bonds. The summed E-state index contributed by atoms with van der Waals surface area (Å²) in [7, 11) is 0. The Kier molecular flexibility index (Phi) is 5.35. The molecule has 6 nitrogen and oxygen atoms in total. The first-order chi connectivity index (χ1) is 14.7. The zero-order chi connectivity index (χ0) is 20.5. The number of fused-ring (bicyclic) bond motifs is 3. The van der Waals surface area contributed by atoms with Crippen molar-refractivity contribution in [3.05, 3.63) is 58.7 Å². The molecule has 3 heterocycles. The van der Waals surface area contributed by atoms with Gasteiger partial charge in [0.1, 0.15) is 11.5 Å². The van der Waals surface area contributed by atoms with Gasteiger partial charge in [-0.25, -0.2) is 0 Å². The second-order valence-electron chi connectivity index (χ2n) is 8.34. The van der Waals surface area contributed by atoms with Crippen molar-refractivity contribution in [2.24, 2.45) is 0 Å². The van der Waals surface area contributed by atoms with Crippen molar-refractivity contribution < 1.29 is 13.9 Å². The average Bonchev–Trinajstić information content (AvgIpc) is 3.38. The summed E-state index contributed by atoms with van der Waals surface area (Å²) in [5.41, 5.74) is 4.38. The fourth-order valence-electron chi connectivity index (χ4n) is 4.83. The van der Waals surface area contributed by atoms with Gasteiger partial charge in [0.05, 0.1) is 30.3 Å². The van der Waals surface area contributed by atoms with E-state index in [-0.39, 0.29) is 11.9 Å². The number of nitrogens with zero attached hydrogens (tertiary/aromatic N) is 1. The van der Waals surface area contributed by atoms with Gasteiger partial charge in [0.25, 0.3) is 5.91 Å². The van der Waals surface area contributed by atoms with Crippen LogP contribution in [-0.2, 0) is 17.6 Å². The van der Waals surface area contributed by atoms with E-state index in [4.69, 9.17) is 9.15 Å². The number of carbonyl (C=O) groups is 1. The number of furan rings is 1. The number of carbonyl (C=O) groups excluding carboxylic acids is 1. The standard InChI is InChI=1S/C24H29N3O3/c1-16-9-10-22(30-16)21(27-11-13-29-14-12-27)15-25-24(28)19-7-4-6-18-17-5-2-3-8-20(17)26-23(18)19/h4,6-7,9-10,21,26H,2-3,5,8,11-15H2,1H3,(H,25,28). The van der Waals surface area contributed by atoms with E-state index in [1.165, 1.54) is 29.5 Å². The molecular weight excluding hydrogens is 378 g/mol. The predicted molar refractivity (Wildman–Crippen MR) is 116 cm³/mol. The molecule has 1 unspecified atom stereocenters. The summed E-state index contributed by atoms with van der Waals surface area (Å²) < 4.78 is 11.4. The maximum Gasteiger partial charge on any atom is 0.253 e. The van der Waals surface area contributed by atoms with E-state index in [9.17, 15) is 4.79 Å². The smallest absolute Gasteiger partial charge is 0.253 e. The number of rotatable bonds is 5. The highest BCUT2D eigenvalue weighted by Gasteiger charge is 2.26. The molecule has 1 atom stereocenters. The third kappa shape index (κ3) is 3.66. The molecule has 0 bridgehead atoms. The van der Waals surface area contributed by atoms with Gasteiger partial charge < -0.3 is 19.5 Å². The number of hydrogen-bond acceptors (Lipinski definition) is 4. The number of morpholine rings is 1. The number of para-hydroxylation sites is 1. The van der Waals surface area contributed by atoms with Crippen molar-refractivity contribution in [2.75, 3.05) is 32.8 Å². The van der Waals surface area contributed by atoms with Crippen molar-refractivity contribution in [3.63, 3.8) is 0 Å². The zero-order valence-corrected chi connectivity index (χ0v) is 17.5. The van der Waals surface area contributed by atoms with Gasteiger partial charge in [-0.15, -0.1) is 0 Å². The summed E-state index contributed by atoms with van der Waals surface area (Å²) in [6.45, 7) is 5.53. The van der Waals surface area contributed by atoms with Gasteiger partial charge in [0.2, 0.25) is 0 Å². The van der Waals surface area contributed by atoms with Crippen LogP contribution in [0.2, 0.25) is 0 Å². The average molecular weight is 408 g/mol. The van der Waals surface area contributed by atoms with Gasteiger partial charge in [0.15, 0.2) is 0 Å². The van der Waals surface area contributed by atoms with Crippen molar-refractivity contribution in [2.45, 2.75) is 38.6 Å². The molecule has 1 aromatic carbocycles. The van der Waals surface area contributed by atoms with Crippen LogP contribution in [0.1, 0.15) is 52.0 Å². The summed E-state index contributed by atoms with van der Waals surface area (Å²) in [6.07, 6.45) is 4.60. The van der Waals surface area contributed by atoms with Crippen LogP contribution < -0.4 is 5.32 Å². The Labute approximate surface area is 176 Å². The van der Waals surface area contributed by atoms with Gasteiger partial charge in [-0.1, -0.05) is 12.1 Å². The molecule has 0 spiro atoms. The Morgan fingerprint density at radius 3 is 2.80 bits per heavy atom. The molecule has 2 aliphatic rings. The molecule has 1 aliphatic heterocycles. The lowest BCUT2D eigenvalue weighted by atomic mass is 9.95. The first kappa shape index (κ1) is 19.4. The molecule has 1 saturated heterocycles. The van der Waals surface area contributed by atoms with Crippen molar-refractivity contribution in [1.82, 2.24) is 15.2 Å². The molecule has 30 heavy (non-hydrogen) atoms. The van der Waals surface area contributed by atoms with Gasteiger partial charge in [-0.05, 0) is 56.4 Å². The lowest BCUT2D eigenvalue weighted by molar-refractivity contribution is 0.0117. The fraction of sp³-hybridized carbons (Fsp3) is 0.458. The molecular formula is C24H29N3O3. The summed E-state index contributed by atoms with van der Waals surface area (Å²) in [5, 5.41) is 4.37. The summed E-state index contributed by atoms with van der Waals surface area (Å²) in [5.74, 6) is 1.74. The summed E-state index contributed by atoms with van der Waals surface area (Å²) >= 11 is 0. The fourth-order valence-corrected chi connectivity index (χ4v) is 4.83. The summed E-state index contributed by atoms with van der Waals surface area (Å²) in [4.78, 5) is 19.1. The lowest BCUT2D eigenvalue weighted by Crippen LogP contribution is -2.43. The minimum atomic E-state index is -0.0410. The predicted octanol–water partition coefficient (Wildman–Crippen LogP) is 3.75. The topological polar surface area (TPSA) is 70.5 Å². The minimum Gasteiger partial charge on any atom is -0.465 e. The van der Waals surface area contributed by atoms with E-state index in [1.54, 1.807) is 0 Å². The molecule has 1 fully saturated rings. The lowest BCUT2D eigenvalue weighted by Gasteiger charge is -2.33. The number of aromatic nitrogens is 1. The monoisotopic (exact) mass is 407 g/mol. The van der Waals surface area contributed by atoms with E-state index in [0.29, 0.717) is 19.8 Å². The third-order valence-corrected chi connectivity index (χ3v) is 6.41. The third-order valence-electron chi connectivity index (χ3n) is 6.41. The second-order valence-corrected chi connectivity index (χ2v) is 8.34. The normalized spacial score (nSPS) is 18.3. The Morgan fingerprint density at radius 1 is 1.17 bits per heavy atom. The number of nitrogens with one attached hydrogen (secondary N) is 2. The Balaban J connectivity index is 1.38. The van der Waals surface area contributed by atoms with Gasteiger partial charge in [-0.3, -0.25) is 9.69 Å². The number of H-pyrrole nitrogens is 1. The highest BCUT2D eigenvalue weighted by atomic mass is 16.5. The number of hydrogen-bond donors (Lipinski definition) is 2. The van der Waals surface area contributed by atoms with Crippen LogP contribution in [0.3, 0.4) is 0 Å². The molecule has 2 N–H and O–H groups in total. The molecule has 3 aromatic rings. The van der Waals surface area contributed by atoms with Gasteiger partial charge >= 0.3 is 0 Å². The van der Waals surface area contributed by atoms with Crippen LogP contribution in [0.25, 0.3) is 10.9 Å². The molecule has 158 valence electrons. The highest BCUT2D eigenvalue weighted by molar-refractivity contribution is 6.06. The Morgan fingerprint density at radius 2 is 2.00 bits per heavy atom. The number of amides is 1. The molecule has 0 radical (unpaired) electrons. The number of ether oxygens (including phenoxy) is 1. The van der Waals surface area contributed by atoms with Crippen LogP contribution in [0.15, 0.2) is 34.7 Å². The van der Waals surface area contributed by atoms with Crippen molar-refractivity contribution >= 4 is 16.8 Å². The number of aryl methyl sites for hydroxylation is 3. The molecule has 5 rings (SSSR count). The molecule has 6 heteroatoms. The van der Waals surface area contributed by atoms with Crippen molar-refractivity contribution in [1.29, 1.82) is 0 Å². The van der Waals surface area contributed by atoms with Crippen LogP contribution in [0.5, 0.6) is 0 Å². The Hall–Kier alpha value is -2.57. The Bertz CT molecular complexity index is 1050. The van der Waals surface area contributed by atoms with Gasteiger partial charge in [0, 0.05) is 30.7 Å². The van der Waals surface area contributed by atoms with Crippen LogP contribution in [-0.4, -0.2) is 48.6 Å². The van der Waals surface area contributed by atoms with Crippen LogP contribution >= 0.6 is 0 Å². The van der Waals surface area contributed by atoms with Crippen LogP contribution in [0, 0.1) is 6.92 Å². The van der Waals surface area contributed by atoms with E-state index < -0.39 is 0 Å². The largest absolute Gasteiger partial charge is 0.465 e. The zero-order valence-electron chi connectivity index (χ0n) is 17.5. The molecule has 1 aliphatic carbocycles. The highest BCUT2D eigenvalue weighted by Crippen LogP contribution is 2.31.